The van der Waals surface area contributed by atoms with Crippen LogP contribution in [0.5, 0.6) is 0 Å². The molecule has 1 atom stereocenters. The van der Waals surface area contributed by atoms with Crippen molar-refractivity contribution in [2.75, 3.05) is 6.61 Å². The molecule has 1 amide bonds. The second-order valence-corrected chi connectivity index (χ2v) is 7.18. The highest BCUT2D eigenvalue weighted by Crippen LogP contribution is 2.26. The fraction of sp³-hybridized carbons (Fsp3) is 0.188. The van der Waals surface area contributed by atoms with E-state index in [1.54, 1.807) is 36.6 Å². The second kappa shape index (κ2) is 8.47. The maximum Gasteiger partial charge on any atom is 0.351 e. The number of nitrogens with one attached hydrogen (secondary N) is 1. The number of tetrazole rings is 1. The Balaban J connectivity index is 1.58. The van der Waals surface area contributed by atoms with Crippen molar-refractivity contribution in [3.05, 3.63) is 56.5 Å². The molecule has 3 rings (SSSR count). The van der Waals surface area contributed by atoms with E-state index in [0.29, 0.717) is 26.2 Å². The molecule has 1 aromatic carbocycles. The van der Waals surface area contributed by atoms with Crippen molar-refractivity contribution in [1.29, 1.82) is 0 Å². The molecule has 0 bridgehead atoms. The molecular weight excluding hydrogens is 413 g/mol. The van der Waals surface area contributed by atoms with Crippen molar-refractivity contribution in [2.45, 2.75) is 13.0 Å². The Morgan fingerprint density at radius 2 is 2.15 bits per heavy atom. The maximum absolute atomic E-state index is 12.3. The zero-order valence-corrected chi connectivity index (χ0v) is 16.3. The van der Waals surface area contributed by atoms with E-state index in [1.165, 1.54) is 22.3 Å². The fourth-order valence-corrected chi connectivity index (χ4v) is 3.66. The molecular formula is C16H13Cl2N5O3S. The van der Waals surface area contributed by atoms with Crippen molar-refractivity contribution in [3.63, 3.8) is 0 Å². The summed E-state index contributed by atoms with van der Waals surface area (Å²) in [5, 5.41) is 16.2. The Hall–Kier alpha value is -2.49. The average Bonchev–Trinajstić information content (AvgIpc) is 3.30. The summed E-state index contributed by atoms with van der Waals surface area (Å²) in [6.45, 7) is 1.34. The average molecular weight is 426 g/mol. The Kier molecular flexibility index (Phi) is 6.04. The van der Waals surface area contributed by atoms with Gasteiger partial charge in [-0.05, 0) is 46.5 Å². The molecule has 140 valence electrons. The first-order valence-corrected chi connectivity index (χ1v) is 9.31. The van der Waals surface area contributed by atoms with Crippen LogP contribution in [0.1, 0.15) is 28.2 Å². The lowest BCUT2D eigenvalue weighted by Gasteiger charge is -2.16. The largest absolute Gasteiger partial charge is 0.451 e. The third-order valence-electron chi connectivity index (χ3n) is 3.57. The molecule has 0 fully saturated rings. The van der Waals surface area contributed by atoms with Gasteiger partial charge in [-0.15, -0.1) is 16.4 Å². The third-order valence-corrected chi connectivity index (χ3v) is 5.01. The number of ether oxygens (including phenoxy) is 1. The molecule has 27 heavy (non-hydrogen) atoms. The van der Waals surface area contributed by atoms with E-state index < -0.39 is 18.5 Å². The predicted octanol–water partition coefficient (Wildman–Crippen LogP) is 3.06. The number of carbonyl (C=O) groups is 2. The second-order valence-electron chi connectivity index (χ2n) is 5.42. The molecule has 0 aliphatic rings. The summed E-state index contributed by atoms with van der Waals surface area (Å²) < 4.78 is 6.44. The van der Waals surface area contributed by atoms with Gasteiger partial charge in [0.05, 0.1) is 11.7 Å². The minimum atomic E-state index is -0.636. The van der Waals surface area contributed by atoms with Crippen LogP contribution in [0, 0.1) is 0 Å². The minimum Gasteiger partial charge on any atom is -0.451 e. The lowest BCUT2D eigenvalue weighted by Crippen LogP contribution is -2.31. The van der Waals surface area contributed by atoms with Gasteiger partial charge in [0, 0.05) is 10.0 Å². The number of aromatic nitrogens is 4. The SMILES string of the molecule is C[C@H](NC(=O)COC(=O)c1sccc1-n1cnnn1)c1ccc(Cl)cc1Cl. The molecule has 11 heteroatoms. The molecule has 0 aliphatic carbocycles. The maximum atomic E-state index is 12.3. The molecule has 2 heterocycles. The molecule has 0 saturated heterocycles. The van der Waals surface area contributed by atoms with Gasteiger partial charge in [0.2, 0.25) is 0 Å². The third kappa shape index (κ3) is 4.62. The Morgan fingerprint density at radius 3 is 2.85 bits per heavy atom. The van der Waals surface area contributed by atoms with E-state index in [1.807, 2.05) is 0 Å². The summed E-state index contributed by atoms with van der Waals surface area (Å²) >= 11 is 13.2. The fourth-order valence-electron chi connectivity index (χ4n) is 2.32. The lowest BCUT2D eigenvalue weighted by molar-refractivity contribution is -0.124. The first-order valence-electron chi connectivity index (χ1n) is 7.68. The van der Waals surface area contributed by atoms with E-state index >= 15 is 0 Å². The smallest absolute Gasteiger partial charge is 0.351 e. The van der Waals surface area contributed by atoms with Gasteiger partial charge in [-0.3, -0.25) is 4.79 Å². The first-order chi connectivity index (χ1) is 13.0. The van der Waals surface area contributed by atoms with Gasteiger partial charge in [0.15, 0.2) is 6.61 Å². The number of esters is 1. The number of thiophene rings is 1. The van der Waals surface area contributed by atoms with Crippen LogP contribution in [0.4, 0.5) is 0 Å². The summed E-state index contributed by atoms with van der Waals surface area (Å²) in [5.74, 6) is -1.09. The number of nitrogens with zero attached hydrogens (tertiary/aromatic N) is 4. The van der Waals surface area contributed by atoms with Gasteiger partial charge in [0.25, 0.3) is 5.91 Å². The topological polar surface area (TPSA) is 99.0 Å². The summed E-state index contributed by atoms with van der Waals surface area (Å²) in [4.78, 5) is 24.7. The Labute approximate surface area is 168 Å². The number of carbonyl (C=O) groups excluding carboxylic acids is 2. The summed E-state index contributed by atoms with van der Waals surface area (Å²) in [7, 11) is 0. The number of benzene rings is 1. The quantitative estimate of drug-likeness (QED) is 0.609. The highest BCUT2D eigenvalue weighted by Gasteiger charge is 2.19. The van der Waals surface area contributed by atoms with Gasteiger partial charge in [0.1, 0.15) is 11.2 Å². The minimum absolute atomic E-state index is 0.295. The monoisotopic (exact) mass is 425 g/mol. The van der Waals surface area contributed by atoms with Crippen LogP contribution in [0.2, 0.25) is 10.0 Å². The number of hydrogen-bond donors (Lipinski definition) is 1. The molecule has 0 radical (unpaired) electrons. The van der Waals surface area contributed by atoms with Crippen molar-refractivity contribution in [2.24, 2.45) is 0 Å². The van der Waals surface area contributed by atoms with Gasteiger partial charge >= 0.3 is 5.97 Å². The zero-order chi connectivity index (χ0) is 19.4. The van der Waals surface area contributed by atoms with Gasteiger partial charge in [-0.25, -0.2) is 4.79 Å². The number of rotatable bonds is 6. The Bertz CT molecular complexity index is 961. The molecule has 0 spiro atoms. The van der Waals surface area contributed by atoms with E-state index in [9.17, 15) is 9.59 Å². The molecule has 8 nitrogen and oxygen atoms in total. The number of hydrogen-bond acceptors (Lipinski definition) is 7. The summed E-state index contributed by atoms with van der Waals surface area (Å²) in [6.07, 6.45) is 1.36. The molecule has 1 N–H and O–H groups in total. The predicted molar refractivity (Wildman–Crippen MR) is 100 cm³/mol. The summed E-state index contributed by atoms with van der Waals surface area (Å²) in [6, 6.07) is 6.31. The molecule has 2 aromatic heterocycles. The van der Waals surface area contributed by atoms with Crippen molar-refractivity contribution in [3.8, 4) is 5.69 Å². The zero-order valence-electron chi connectivity index (χ0n) is 13.9. The standard InChI is InChI=1S/C16H13Cl2N5O3S/c1-9(11-3-2-10(17)6-12(11)18)20-14(24)7-26-16(25)15-13(4-5-27-15)23-8-19-21-22-23/h2-6,8-9H,7H2,1H3,(H,20,24)/t9-/m0/s1. The number of halogens is 2. The van der Waals surface area contributed by atoms with Crippen LogP contribution < -0.4 is 5.32 Å². The van der Waals surface area contributed by atoms with Crippen molar-refractivity contribution in [1.82, 2.24) is 25.5 Å². The molecule has 3 aromatic rings. The lowest BCUT2D eigenvalue weighted by atomic mass is 10.1. The van der Waals surface area contributed by atoms with E-state index in [4.69, 9.17) is 27.9 Å². The van der Waals surface area contributed by atoms with Crippen molar-refractivity contribution >= 4 is 46.4 Å². The van der Waals surface area contributed by atoms with Gasteiger partial charge < -0.3 is 10.1 Å². The van der Waals surface area contributed by atoms with E-state index in [2.05, 4.69) is 20.8 Å². The van der Waals surface area contributed by atoms with Crippen LogP contribution in [-0.2, 0) is 9.53 Å². The van der Waals surface area contributed by atoms with Crippen molar-refractivity contribution < 1.29 is 14.3 Å². The van der Waals surface area contributed by atoms with Crippen LogP contribution >= 0.6 is 34.5 Å². The molecule has 0 unspecified atom stereocenters. The first kappa shape index (κ1) is 19.3. The Morgan fingerprint density at radius 1 is 1.33 bits per heavy atom. The highest BCUT2D eigenvalue weighted by molar-refractivity contribution is 7.12. The van der Waals surface area contributed by atoms with Crippen LogP contribution in [0.25, 0.3) is 5.69 Å². The van der Waals surface area contributed by atoms with Crippen LogP contribution in [0.3, 0.4) is 0 Å². The van der Waals surface area contributed by atoms with Crippen LogP contribution in [0.15, 0.2) is 36.0 Å². The normalized spacial score (nSPS) is 11.8. The molecule has 0 saturated carbocycles. The van der Waals surface area contributed by atoms with E-state index in [0.717, 1.165) is 0 Å². The van der Waals surface area contributed by atoms with E-state index in [-0.39, 0.29) is 6.04 Å². The highest BCUT2D eigenvalue weighted by atomic mass is 35.5. The number of amides is 1. The summed E-state index contributed by atoms with van der Waals surface area (Å²) in [5.41, 5.74) is 1.19. The van der Waals surface area contributed by atoms with Gasteiger partial charge in [-0.2, -0.15) is 4.68 Å². The van der Waals surface area contributed by atoms with Crippen LogP contribution in [-0.4, -0.2) is 38.7 Å². The molecule has 0 aliphatic heterocycles. The van der Waals surface area contributed by atoms with Gasteiger partial charge in [-0.1, -0.05) is 29.3 Å².